The lowest BCUT2D eigenvalue weighted by atomic mass is 10.2. The predicted molar refractivity (Wildman–Crippen MR) is 72.5 cm³/mol. The Bertz CT molecular complexity index is 552. The van der Waals surface area contributed by atoms with Gasteiger partial charge in [0.1, 0.15) is 5.75 Å². The average molecular weight is 259 g/mol. The van der Waals surface area contributed by atoms with Crippen LogP contribution in [0.4, 0.5) is 0 Å². The SMILES string of the molecule is CSc1ccc(Oc2ncccc2C(C)=O)cc1. The third-order valence-corrected chi connectivity index (χ3v) is 3.17. The summed E-state index contributed by atoms with van der Waals surface area (Å²) in [5.41, 5.74) is 0.492. The number of carbonyl (C=O) groups is 1. The highest BCUT2D eigenvalue weighted by atomic mass is 32.2. The van der Waals surface area contributed by atoms with Gasteiger partial charge in [-0.15, -0.1) is 11.8 Å². The van der Waals surface area contributed by atoms with Crippen LogP contribution in [0.2, 0.25) is 0 Å². The summed E-state index contributed by atoms with van der Waals surface area (Å²) >= 11 is 1.67. The van der Waals surface area contributed by atoms with Crippen LogP contribution in [0.1, 0.15) is 17.3 Å². The van der Waals surface area contributed by atoms with Crippen LogP contribution < -0.4 is 4.74 Å². The molecule has 2 rings (SSSR count). The second kappa shape index (κ2) is 5.69. The maximum atomic E-state index is 11.4. The first-order valence-corrected chi connectivity index (χ1v) is 6.71. The molecule has 1 aromatic heterocycles. The molecule has 1 heterocycles. The number of rotatable bonds is 4. The summed E-state index contributed by atoms with van der Waals surface area (Å²) < 4.78 is 5.63. The fourth-order valence-electron chi connectivity index (χ4n) is 1.50. The number of thioether (sulfide) groups is 1. The first kappa shape index (κ1) is 12.6. The van der Waals surface area contributed by atoms with Crippen molar-refractivity contribution in [3.63, 3.8) is 0 Å². The second-order valence-corrected chi connectivity index (χ2v) is 4.57. The molecule has 0 fully saturated rings. The molecule has 0 radical (unpaired) electrons. The third kappa shape index (κ3) is 2.90. The summed E-state index contributed by atoms with van der Waals surface area (Å²) in [6.45, 7) is 1.50. The van der Waals surface area contributed by atoms with Crippen LogP contribution in [0.5, 0.6) is 11.6 Å². The van der Waals surface area contributed by atoms with E-state index in [2.05, 4.69) is 4.98 Å². The van der Waals surface area contributed by atoms with Crippen molar-refractivity contribution in [3.05, 3.63) is 48.2 Å². The topological polar surface area (TPSA) is 39.2 Å². The van der Waals surface area contributed by atoms with Gasteiger partial charge in [-0.25, -0.2) is 4.98 Å². The highest BCUT2D eigenvalue weighted by Gasteiger charge is 2.09. The van der Waals surface area contributed by atoms with E-state index >= 15 is 0 Å². The lowest BCUT2D eigenvalue weighted by molar-refractivity contribution is 0.101. The molecular formula is C14H13NO2S. The Morgan fingerprint density at radius 2 is 1.94 bits per heavy atom. The van der Waals surface area contributed by atoms with E-state index in [9.17, 15) is 4.79 Å². The molecule has 0 aliphatic carbocycles. The Labute approximate surface area is 110 Å². The first-order chi connectivity index (χ1) is 8.70. The van der Waals surface area contributed by atoms with Crippen LogP contribution in [0.3, 0.4) is 0 Å². The van der Waals surface area contributed by atoms with Gasteiger partial charge in [0, 0.05) is 11.1 Å². The number of hydrogen-bond acceptors (Lipinski definition) is 4. The minimum Gasteiger partial charge on any atom is -0.438 e. The Morgan fingerprint density at radius 1 is 1.22 bits per heavy atom. The molecule has 1 aromatic carbocycles. The molecule has 0 amide bonds. The maximum absolute atomic E-state index is 11.4. The van der Waals surface area contributed by atoms with Gasteiger partial charge in [0.2, 0.25) is 5.88 Å². The van der Waals surface area contributed by atoms with Crippen molar-refractivity contribution >= 4 is 17.5 Å². The Hall–Kier alpha value is -1.81. The number of nitrogens with zero attached hydrogens (tertiary/aromatic N) is 1. The zero-order valence-electron chi connectivity index (χ0n) is 10.2. The molecule has 18 heavy (non-hydrogen) atoms. The molecule has 0 saturated heterocycles. The lowest BCUT2D eigenvalue weighted by Crippen LogP contribution is -1.98. The molecule has 92 valence electrons. The zero-order valence-corrected chi connectivity index (χ0v) is 11.0. The van der Waals surface area contributed by atoms with E-state index in [0.717, 1.165) is 4.90 Å². The Morgan fingerprint density at radius 3 is 2.56 bits per heavy atom. The van der Waals surface area contributed by atoms with E-state index < -0.39 is 0 Å². The summed E-state index contributed by atoms with van der Waals surface area (Å²) in [7, 11) is 0. The molecule has 0 saturated carbocycles. The van der Waals surface area contributed by atoms with Crippen molar-refractivity contribution in [3.8, 4) is 11.6 Å². The number of ketones is 1. The quantitative estimate of drug-likeness (QED) is 0.618. The fraction of sp³-hybridized carbons (Fsp3) is 0.143. The molecule has 4 heteroatoms. The minimum absolute atomic E-state index is 0.0566. The van der Waals surface area contributed by atoms with E-state index in [1.165, 1.54) is 6.92 Å². The van der Waals surface area contributed by atoms with Crippen LogP contribution in [0.15, 0.2) is 47.5 Å². The fourth-order valence-corrected chi connectivity index (χ4v) is 1.90. The Kier molecular flexibility index (Phi) is 3.99. The normalized spacial score (nSPS) is 10.1. The molecule has 0 aliphatic heterocycles. The van der Waals surface area contributed by atoms with Gasteiger partial charge < -0.3 is 4.74 Å². The maximum Gasteiger partial charge on any atom is 0.230 e. The number of aromatic nitrogens is 1. The lowest BCUT2D eigenvalue weighted by Gasteiger charge is -2.08. The molecule has 0 unspecified atom stereocenters. The van der Waals surface area contributed by atoms with Gasteiger partial charge in [-0.05, 0) is 49.6 Å². The number of carbonyl (C=O) groups excluding carboxylic acids is 1. The van der Waals surface area contributed by atoms with Crippen LogP contribution in [-0.4, -0.2) is 17.0 Å². The average Bonchev–Trinajstić information content (AvgIpc) is 2.40. The van der Waals surface area contributed by atoms with Gasteiger partial charge in [0.05, 0.1) is 5.56 Å². The molecule has 0 atom stereocenters. The number of benzene rings is 1. The van der Waals surface area contributed by atoms with Crippen molar-refractivity contribution in [2.45, 2.75) is 11.8 Å². The molecule has 0 N–H and O–H groups in total. The van der Waals surface area contributed by atoms with E-state index in [1.807, 2.05) is 30.5 Å². The molecule has 0 aliphatic rings. The summed E-state index contributed by atoms with van der Waals surface area (Å²) in [6, 6.07) is 11.1. The molecule has 0 spiro atoms. The third-order valence-electron chi connectivity index (χ3n) is 2.42. The van der Waals surface area contributed by atoms with E-state index in [0.29, 0.717) is 17.2 Å². The highest BCUT2D eigenvalue weighted by Crippen LogP contribution is 2.25. The van der Waals surface area contributed by atoms with Crippen molar-refractivity contribution in [2.24, 2.45) is 0 Å². The van der Waals surface area contributed by atoms with Crippen LogP contribution in [-0.2, 0) is 0 Å². The van der Waals surface area contributed by atoms with Gasteiger partial charge in [-0.3, -0.25) is 4.79 Å². The number of Topliss-reactive ketones (excluding diaryl/α,β-unsaturated/α-hetero) is 1. The molecule has 3 nitrogen and oxygen atoms in total. The van der Waals surface area contributed by atoms with Gasteiger partial charge in [-0.2, -0.15) is 0 Å². The predicted octanol–water partition coefficient (Wildman–Crippen LogP) is 3.80. The highest BCUT2D eigenvalue weighted by molar-refractivity contribution is 7.98. The van der Waals surface area contributed by atoms with Gasteiger partial charge in [-0.1, -0.05) is 0 Å². The monoisotopic (exact) mass is 259 g/mol. The summed E-state index contributed by atoms with van der Waals surface area (Å²) in [5.74, 6) is 0.967. The summed E-state index contributed by atoms with van der Waals surface area (Å²) in [4.78, 5) is 16.7. The first-order valence-electron chi connectivity index (χ1n) is 5.48. The summed E-state index contributed by atoms with van der Waals surface area (Å²) in [5, 5.41) is 0. The van der Waals surface area contributed by atoms with Crippen molar-refractivity contribution in [2.75, 3.05) is 6.26 Å². The van der Waals surface area contributed by atoms with Crippen LogP contribution in [0, 0.1) is 0 Å². The Balaban J connectivity index is 2.25. The van der Waals surface area contributed by atoms with Gasteiger partial charge >= 0.3 is 0 Å². The molecule has 2 aromatic rings. The van der Waals surface area contributed by atoms with Gasteiger partial charge in [0.15, 0.2) is 5.78 Å². The zero-order chi connectivity index (χ0) is 13.0. The molecule has 0 bridgehead atoms. The van der Waals surface area contributed by atoms with Crippen molar-refractivity contribution < 1.29 is 9.53 Å². The largest absolute Gasteiger partial charge is 0.438 e. The van der Waals surface area contributed by atoms with E-state index in [4.69, 9.17) is 4.74 Å². The smallest absolute Gasteiger partial charge is 0.230 e. The number of ether oxygens (including phenoxy) is 1. The minimum atomic E-state index is -0.0566. The second-order valence-electron chi connectivity index (χ2n) is 3.69. The van der Waals surface area contributed by atoms with Crippen LogP contribution in [0.25, 0.3) is 0 Å². The van der Waals surface area contributed by atoms with Crippen molar-refractivity contribution in [1.29, 1.82) is 0 Å². The van der Waals surface area contributed by atoms with E-state index in [-0.39, 0.29) is 5.78 Å². The summed E-state index contributed by atoms with van der Waals surface area (Å²) in [6.07, 6.45) is 3.63. The number of pyridine rings is 1. The number of hydrogen-bond donors (Lipinski definition) is 0. The van der Waals surface area contributed by atoms with Crippen LogP contribution >= 0.6 is 11.8 Å². The van der Waals surface area contributed by atoms with Crippen molar-refractivity contribution in [1.82, 2.24) is 4.98 Å². The molecular weight excluding hydrogens is 246 g/mol. The van der Waals surface area contributed by atoms with E-state index in [1.54, 1.807) is 30.1 Å². The van der Waals surface area contributed by atoms with Gasteiger partial charge in [0.25, 0.3) is 0 Å². The standard InChI is InChI=1S/C14H13NO2S/c1-10(16)13-4-3-9-15-14(13)17-11-5-7-12(18-2)8-6-11/h3-9H,1-2H3.